The molecule has 172 valence electrons. The van der Waals surface area contributed by atoms with Gasteiger partial charge in [-0.3, -0.25) is 4.79 Å². The lowest BCUT2D eigenvalue weighted by Crippen LogP contribution is -2.41. The second-order valence-electron chi connectivity index (χ2n) is 8.47. The van der Waals surface area contributed by atoms with E-state index in [4.69, 9.17) is 9.47 Å². The number of aromatic amines is 1. The van der Waals surface area contributed by atoms with E-state index in [0.717, 1.165) is 30.7 Å². The molecule has 0 radical (unpaired) electrons. The number of aromatic nitrogens is 1. The molecule has 8 heteroatoms. The van der Waals surface area contributed by atoms with Gasteiger partial charge in [0.1, 0.15) is 13.2 Å². The quantitative estimate of drug-likeness (QED) is 0.603. The van der Waals surface area contributed by atoms with Crippen molar-refractivity contribution in [2.75, 3.05) is 44.7 Å². The SMILES string of the molecule is O=C(Nc1ccccc1)N(CCN1CCCC1)Cc1cc2cc3c(cc2[nH]c1=O)OCCO3. The smallest absolute Gasteiger partial charge is 0.322 e. The van der Waals surface area contributed by atoms with Crippen LogP contribution in [-0.4, -0.2) is 60.2 Å². The van der Waals surface area contributed by atoms with E-state index in [1.807, 2.05) is 42.5 Å². The van der Waals surface area contributed by atoms with Crippen molar-refractivity contribution in [3.05, 3.63) is 64.4 Å². The molecule has 2 N–H and O–H groups in total. The molecule has 1 fully saturated rings. The summed E-state index contributed by atoms with van der Waals surface area (Å²) < 4.78 is 11.3. The number of urea groups is 1. The summed E-state index contributed by atoms with van der Waals surface area (Å²) in [6, 6.07) is 14.7. The normalized spacial score (nSPS) is 15.5. The molecule has 1 aromatic heterocycles. The molecule has 3 aromatic rings. The van der Waals surface area contributed by atoms with Gasteiger partial charge in [-0.1, -0.05) is 18.2 Å². The van der Waals surface area contributed by atoms with Crippen molar-refractivity contribution in [1.82, 2.24) is 14.8 Å². The zero-order chi connectivity index (χ0) is 22.6. The van der Waals surface area contributed by atoms with Crippen LogP contribution in [0.4, 0.5) is 10.5 Å². The van der Waals surface area contributed by atoms with Gasteiger partial charge >= 0.3 is 6.03 Å². The van der Waals surface area contributed by atoms with Gasteiger partial charge in [0, 0.05) is 35.8 Å². The van der Waals surface area contributed by atoms with Crippen LogP contribution < -0.4 is 20.3 Å². The van der Waals surface area contributed by atoms with E-state index in [9.17, 15) is 9.59 Å². The van der Waals surface area contributed by atoms with Crippen molar-refractivity contribution < 1.29 is 14.3 Å². The van der Waals surface area contributed by atoms with Crippen LogP contribution in [0.15, 0.2) is 53.3 Å². The number of pyridine rings is 1. The van der Waals surface area contributed by atoms with Crippen molar-refractivity contribution in [2.24, 2.45) is 0 Å². The molecule has 33 heavy (non-hydrogen) atoms. The lowest BCUT2D eigenvalue weighted by atomic mass is 10.1. The van der Waals surface area contributed by atoms with Crippen LogP contribution in [0.3, 0.4) is 0 Å². The summed E-state index contributed by atoms with van der Waals surface area (Å²) in [5.41, 5.74) is 1.73. The summed E-state index contributed by atoms with van der Waals surface area (Å²) in [5.74, 6) is 1.30. The van der Waals surface area contributed by atoms with Gasteiger partial charge in [0.05, 0.1) is 12.1 Å². The Morgan fingerprint density at radius 3 is 2.52 bits per heavy atom. The molecule has 2 aliphatic heterocycles. The van der Waals surface area contributed by atoms with Crippen molar-refractivity contribution in [3.8, 4) is 11.5 Å². The largest absolute Gasteiger partial charge is 0.486 e. The Morgan fingerprint density at radius 2 is 1.76 bits per heavy atom. The molecule has 0 unspecified atom stereocenters. The molecule has 2 aliphatic rings. The van der Waals surface area contributed by atoms with Crippen LogP contribution in [0.2, 0.25) is 0 Å². The summed E-state index contributed by atoms with van der Waals surface area (Å²) in [6.07, 6.45) is 2.38. The second kappa shape index (κ2) is 9.54. The minimum absolute atomic E-state index is 0.210. The number of para-hydroxylation sites is 1. The van der Waals surface area contributed by atoms with Gasteiger partial charge in [-0.25, -0.2) is 4.79 Å². The van der Waals surface area contributed by atoms with Crippen LogP contribution in [0.25, 0.3) is 10.9 Å². The Bertz CT molecular complexity index is 1190. The Hall–Kier alpha value is -3.52. The van der Waals surface area contributed by atoms with E-state index in [-0.39, 0.29) is 18.1 Å². The third-order valence-corrected chi connectivity index (χ3v) is 6.14. The average molecular weight is 449 g/mol. The van der Waals surface area contributed by atoms with Crippen LogP contribution in [-0.2, 0) is 6.54 Å². The number of nitrogens with one attached hydrogen (secondary N) is 2. The average Bonchev–Trinajstić information content (AvgIpc) is 3.35. The van der Waals surface area contributed by atoms with Crippen LogP contribution in [0.1, 0.15) is 18.4 Å². The van der Waals surface area contributed by atoms with Crippen molar-refractivity contribution in [3.63, 3.8) is 0 Å². The molecule has 0 spiro atoms. The first-order chi connectivity index (χ1) is 16.2. The lowest BCUT2D eigenvalue weighted by Gasteiger charge is -2.26. The van der Waals surface area contributed by atoms with Crippen molar-refractivity contribution in [1.29, 1.82) is 0 Å². The summed E-state index contributed by atoms with van der Waals surface area (Å²) in [4.78, 5) is 33.0. The van der Waals surface area contributed by atoms with Crippen molar-refractivity contribution >= 4 is 22.6 Å². The monoisotopic (exact) mass is 448 g/mol. The zero-order valence-electron chi connectivity index (χ0n) is 18.5. The van der Waals surface area contributed by atoms with Gasteiger partial charge in [0.25, 0.3) is 5.56 Å². The summed E-state index contributed by atoms with van der Waals surface area (Å²) in [7, 11) is 0. The van der Waals surface area contributed by atoms with Gasteiger partial charge in [-0.15, -0.1) is 0 Å². The van der Waals surface area contributed by atoms with E-state index >= 15 is 0 Å². The fourth-order valence-corrected chi connectivity index (χ4v) is 4.36. The number of likely N-dealkylation sites (tertiary alicyclic amines) is 1. The summed E-state index contributed by atoms with van der Waals surface area (Å²) in [6.45, 7) is 4.63. The third kappa shape index (κ3) is 4.96. The van der Waals surface area contributed by atoms with Gasteiger partial charge in [0.15, 0.2) is 11.5 Å². The van der Waals surface area contributed by atoms with E-state index in [2.05, 4.69) is 15.2 Å². The van der Waals surface area contributed by atoms with Crippen LogP contribution in [0.5, 0.6) is 11.5 Å². The van der Waals surface area contributed by atoms with Crippen molar-refractivity contribution in [2.45, 2.75) is 19.4 Å². The predicted octanol–water partition coefficient (Wildman–Crippen LogP) is 3.43. The fourth-order valence-electron chi connectivity index (χ4n) is 4.36. The highest BCUT2D eigenvalue weighted by Crippen LogP contribution is 2.33. The van der Waals surface area contributed by atoms with Crippen LogP contribution >= 0.6 is 0 Å². The predicted molar refractivity (Wildman–Crippen MR) is 127 cm³/mol. The highest BCUT2D eigenvalue weighted by molar-refractivity contribution is 5.89. The number of benzene rings is 2. The molecule has 3 heterocycles. The summed E-state index contributed by atoms with van der Waals surface area (Å²) >= 11 is 0. The molecule has 0 aliphatic carbocycles. The van der Waals surface area contributed by atoms with E-state index in [1.165, 1.54) is 12.8 Å². The molecular weight excluding hydrogens is 420 g/mol. The molecule has 1 saturated heterocycles. The number of fused-ring (bicyclic) bond motifs is 2. The Balaban J connectivity index is 1.39. The second-order valence-corrected chi connectivity index (χ2v) is 8.47. The van der Waals surface area contributed by atoms with Crippen LogP contribution in [0, 0.1) is 0 Å². The maximum absolute atomic E-state index is 13.1. The standard InChI is InChI=1S/C25H28N4O4/c30-24-19(14-18-15-22-23(16-21(18)27-24)33-13-12-32-22)17-29(11-10-28-8-4-5-9-28)25(31)26-20-6-2-1-3-7-20/h1-3,6-7,14-16H,4-5,8-13,17H2,(H,26,31)(H,27,30). The molecule has 8 nitrogen and oxygen atoms in total. The number of anilines is 1. The van der Waals surface area contributed by atoms with E-state index in [1.54, 1.807) is 11.0 Å². The number of H-pyrrole nitrogens is 1. The summed E-state index contributed by atoms with van der Waals surface area (Å²) in [5, 5.41) is 3.80. The number of hydrogen-bond acceptors (Lipinski definition) is 5. The Morgan fingerprint density at radius 1 is 1.03 bits per heavy atom. The zero-order valence-corrected chi connectivity index (χ0v) is 18.5. The number of rotatable bonds is 6. The van der Waals surface area contributed by atoms with Gasteiger partial charge in [-0.2, -0.15) is 0 Å². The topological polar surface area (TPSA) is 86.9 Å². The number of carbonyl (C=O) groups is 1. The number of nitrogens with zero attached hydrogens (tertiary/aromatic N) is 2. The van der Waals surface area contributed by atoms with Gasteiger partial charge in [-0.05, 0) is 50.2 Å². The minimum atomic E-state index is -0.220. The first kappa shape index (κ1) is 21.3. The molecule has 5 rings (SSSR count). The van der Waals surface area contributed by atoms with E-state index < -0.39 is 0 Å². The maximum Gasteiger partial charge on any atom is 0.322 e. The van der Waals surface area contributed by atoms with Gasteiger partial charge < -0.3 is 29.6 Å². The molecule has 0 atom stereocenters. The highest BCUT2D eigenvalue weighted by atomic mass is 16.6. The number of ether oxygens (including phenoxy) is 2. The third-order valence-electron chi connectivity index (χ3n) is 6.14. The Labute approximate surface area is 192 Å². The maximum atomic E-state index is 13.1. The molecule has 2 aromatic carbocycles. The molecule has 0 saturated carbocycles. The minimum Gasteiger partial charge on any atom is -0.486 e. The first-order valence-corrected chi connectivity index (χ1v) is 11.4. The fraction of sp³-hybridized carbons (Fsp3) is 0.360. The molecule has 0 bridgehead atoms. The number of hydrogen-bond donors (Lipinski definition) is 2. The lowest BCUT2D eigenvalue weighted by molar-refractivity contribution is 0.172. The first-order valence-electron chi connectivity index (χ1n) is 11.4. The number of carbonyl (C=O) groups excluding carboxylic acids is 1. The number of amides is 2. The highest BCUT2D eigenvalue weighted by Gasteiger charge is 2.20. The van der Waals surface area contributed by atoms with E-state index in [0.29, 0.717) is 42.3 Å². The molecule has 2 amide bonds. The molecular formula is C25H28N4O4. The van der Waals surface area contributed by atoms with Gasteiger partial charge in [0.2, 0.25) is 0 Å². The Kier molecular flexibility index (Phi) is 6.17.